The van der Waals surface area contributed by atoms with Crippen LogP contribution in [0.25, 0.3) is 0 Å². The second-order valence-corrected chi connectivity index (χ2v) is 4.78. The first-order valence-electron chi connectivity index (χ1n) is 7.15. The Labute approximate surface area is 120 Å². The molecular formula is C16H24O4. The van der Waals surface area contributed by atoms with Gasteiger partial charge in [0.25, 0.3) is 0 Å². The minimum Gasteiger partial charge on any atom is -0.497 e. The molecule has 0 heterocycles. The Kier molecular flexibility index (Phi) is 7.73. The molecule has 0 saturated heterocycles. The van der Waals surface area contributed by atoms with E-state index in [0.29, 0.717) is 13.0 Å². The fourth-order valence-electron chi connectivity index (χ4n) is 1.82. The molecule has 1 N–H and O–H groups in total. The first-order chi connectivity index (χ1) is 9.67. The summed E-state index contributed by atoms with van der Waals surface area (Å²) in [6.45, 7) is 2.42. The van der Waals surface area contributed by atoms with Crippen LogP contribution in [-0.2, 0) is 16.0 Å². The highest BCUT2D eigenvalue weighted by Crippen LogP contribution is 2.14. The fraction of sp³-hybridized carbons (Fsp3) is 0.562. The number of aryl methyl sites for hydroxylation is 1. The Morgan fingerprint density at radius 3 is 2.55 bits per heavy atom. The molecule has 0 fully saturated rings. The molecule has 0 aromatic heterocycles. The van der Waals surface area contributed by atoms with Gasteiger partial charge in [-0.25, -0.2) is 4.79 Å². The normalized spacial score (nSPS) is 11.9. The van der Waals surface area contributed by atoms with Crippen LogP contribution in [0.1, 0.15) is 38.2 Å². The van der Waals surface area contributed by atoms with E-state index in [0.717, 1.165) is 37.0 Å². The highest BCUT2D eigenvalue weighted by Gasteiger charge is 2.15. The summed E-state index contributed by atoms with van der Waals surface area (Å²) in [6.07, 6.45) is 2.80. The summed E-state index contributed by atoms with van der Waals surface area (Å²) in [4.78, 5) is 11.5. The number of unbranched alkanes of at least 4 members (excludes halogenated alkanes) is 1. The van der Waals surface area contributed by atoms with Gasteiger partial charge in [-0.3, -0.25) is 0 Å². The lowest BCUT2D eigenvalue weighted by atomic mass is 10.1. The summed E-state index contributed by atoms with van der Waals surface area (Å²) < 4.78 is 10.1. The molecule has 0 aliphatic carbocycles. The maximum absolute atomic E-state index is 11.5. The van der Waals surface area contributed by atoms with Crippen molar-refractivity contribution in [2.75, 3.05) is 13.7 Å². The van der Waals surface area contributed by atoms with E-state index in [2.05, 4.69) is 0 Å². The summed E-state index contributed by atoms with van der Waals surface area (Å²) in [5.74, 6) is 0.321. The van der Waals surface area contributed by atoms with Crippen LogP contribution in [0.3, 0.4) is 0 Å². The number of benzene rings is 1. The number of hydrogen-bond donors (Lipinski definition) is 1. The van der Waals surface area contributed by atoms with E-state index in [9.17, 15) is 9.90 Å². The zero-order valence-corrected chi connectivity index (χ0v) is 12.3. The summed E-state index contributed by atoms with van der Waals surface area (Å²) in [6, 6.07) is 7.80. The van der Waals surface area contributed by atoms with Crippen molar-refractivity contribution in [3.63, 3.8) is 0 Å². The SMILES string of the molecule is CCCCOC(=O)C(O)CCCc1ccc(OC)cc1. The van der Waals surface area contributed by atoms with Crippen molar-refractivity contribution in [3.8, 4) is 5.75 Å². The van der Waals surface area contributed by atoms with Crippen molar-refractivity contribution in [1.82, 2.24) is 0 Å². The quantitative estimate of drug-likeness (QED) is 0.558. The van der Waals surface area contributed by atoms with Gasteiger partial charge in [0, 0.05) is 0 Å². The zero-order valence-electron chi connectivity index (χ0n) is 12.3. The number of esters is 1. The average Bonchev–Trinajstić information content (AvgIpc) is 2.48. The van der Waals surface area contributed by atoms with Gasteiger partial charge in [-0.2, -0.15) is 0 Å². The van der Waals surface area contributed by atoms with Gasteiger partial charge < -0.3 is 14.6 Å². The third kappa shape index (κ3) is 6.06. The lowest BCUT2D eigenvalue weighted by molar-refractivity contribution is -0.154. The van der Waals surface area contributed by atoms with Gasteiger partial charge in [-0.15, -0.1) is 0 Å². The van der Waals surface area contributed by atoms with Crippen molar-refractivity contribution in [1.29, 1.82) is 0 Å². The number of ether oxygens (including phenoxy) is 2. The van der Waals surface area contributed by atoms with Gasteiger partial charge in [0.15, 0.2) is 6.10 Å². The molecule has 4 heteroatoms. The maximum atomic E-state index is 11.5. The minimum absolute atomic E-state index is 0.394. The maximum Gasteiger partial charge on any atom is 0.334 e. The molecule has 4 nitrogen and oxygen atoms in total. The smallest absolute Gasteiger partial charge is 0.334 e. The Hall–Kier alpha value is -1.55. The predicted molar refractivity (Wildman–Crippen MR) is 77.8 cm³/mol. The molecule has 0 aliphatic heterocycles. The Morgan fingerprint density at radius 2 is 1.95 bits per heavy atom. The number of methoxy groups -OCH3 is 1. The predicted octanol–water partition coefficient (Wildman–Crippen LogP) is 2.72. The molecular weight excluding hydrogens is 256 g/mol. The van der Waals surface area contributed by atoms with Crippen molar-refractivity contribution in [2.24, 2.45) is 0 Å². The van der Waals surface area contributed by atoms with Gasteiger partial charge in [0.1, 0.15) is 5.75 Å². The molecule has 1 atom stereocenters. The van der Waals surface area contributed by atoms with Crippen molar-refractivity contribution in [2.45, 2.75) is 45.1 Å². The van der Waals surface area contributed by atoms with Crippen molar-refractivity contribution < 1.29 is 19.4 Å². The molecule has 112 valence electrons. The standard InChI is InChI=1S/C16H24O4/c1-3-4-12-20-16(18)15(17)7-5-6-13-8-10-14(19-2)11-9-13/h8-11,15,17H,3-7,12H2,1-2H3. The van der Waals surface area contributed by atoms with E-state index in [4.69, 9.17) is 9.47 Å². The third-order valence-electron chi connectivity index (χ3n) is 3.12. The number of carbonyl (C=O) groups excluding carboxylic acids is 1. The summed E-state index contributed by atoms with van der Waals surface area (Å²) in [5, 5.41) is 9.68. The lowest BCUT2D eigenvalue weighted by Crippen LogP contribution is -2.23. The lowest BCUT2D eigenvalue weighted by Gasteiger charge is -2.10. The fourth-order valence-corrected chi connectivity index (χ4v) is 1.82. The average molecular weight is 280 g/mol. The molecule has 1 rings (SSSR count). The van der Waals surface area contributed by atoms with Crippen LogP contribution in [0.15, 0.2) is 24.3 Å². The molecule has 0 radical (unpaired) electrons. The van der Waals surface area contributed by atoms with Crippen LogP contribution < -0.4 is 4.74 Å². The van der Waals surface area contributed by atoms with E-state index in [1.54, 1.807) is 7.11 Å². The minimum atomic E-state index is -1.01. The van der Waals surface area contributed by atoms with Crippen LogP contribution in [0.4, 0.5) is 0 Å². The van der Waals surface area contributed by atoms with Crippen LogP contribution in [0.5, 0.6) is 5.75 Å². The van der Waals surface area contributed by atoms with Crippen molar-refractivity contribution >= 4 is 5.97 Å². The van der Waals surface area contributed by atoms with E-state index in [-0.39, 0.29) is 0 Å². The molecule has 1 unspecified atom stereocenters. The molecule has 0 aliphatic rings. The Balaban J connectivity index is 2.23. The number of carbonyl (C=O) groups is 1. The molecule has 0 amide bonds. The molecule has 1 aromatic rings. The number of hydrogen-bond acceptors (Lipinski definition) is 4. The molecule has 0 bridgehead atoms. The van der Waals surface area contributed by atoms with Gasteiger partial charge in [-0.1, -0.05) is 25.5 Å². The van der Waals surface area contributed by atoms with E-state index in [1.165, 1.54) is 0 Å². The number of aliphatic hydroxyl groups excluding tert-OH is 1. The molecule has 20 heavy (non-hydrogen) atoms. The summed E-state index contributed by atoms with van der Waals surface area (Å²) in [7, 11) is 1.63. The molecule has 1 aromatic carbocycles. The van der Waals surface area contributed by atoms with E-state index >= 15 is 0 Å². The molecule has 0 saturated carbocycles. The van der Waals surface area contributed by atoms with Gasteiger partial charge in [0.2, 0.25) is 0 Å². The van der Waals surface area contributed by atoms with E-state index < -0.39 is 12.1 Å². The largest absolute Gasteiger partial charge is 0.497 e. The first kappa shape index (κ1) is 16.5. The third-order valence-corrected chi connectivity index (χ3v) is 3.12. The second-order valence-electron chi connectivity index (χ2n) is 4.78. The van der Waals surface area contributed by atoms with E-state index in [1.807, 2.05) is 31.2 Å². The molecule has 0 spiro atoms. The van der Waals surface area contributed by atoms with Crippen LogP contribution >= 0.6 is 0 Å². The first-order valence-corrected chi connectivity index (χ1v) is 7.15. The van der Waals surface area contributed by atoms with Crippen LogP contribution in [-0.4, -0.2) is 30.9 Å². The van der Waals surface area contributed by atoms with Crippen LogP contribution in [0, 0.1) is 0 Å². The highest BCUT2D eigenvalue weighted by molar-refractivity contribution is 5.74. The van der Waals surface area contributed by atoms with Gasteiger partial charge in [0.05, 0.1) is 13.7 Å². The van der Waals surface area contributed by atoms with Gasteiger partial charge in [-0.05, 0) is 43.4 Å². The Bertz CT molecular complexity index is 386. The zero-order chi connectivity index (χ0) is 14.8. The van der Waals surface area contributed by atoms with Gasteiger partial charge >= 0.3 is 5.97 Å². The highest BCUT2D eigenvalue weighted by atomic mass is 16.5. The van der Waals surface area contributed by atoms with Crippen molar-refractivity contribution in [3.05, 3.63) is 29.8 Å². The monoisotopic (exact) mass is 280 g/mol. The second kappa shape index (κ2) is 9.37. The van der Waals surface area contributed by atoms with Crippen LogP contribution in [0.2, 0.25) is 0 Å². The topological polar surface area (TPSA) is 55.8 Å². The number of rotatable bonds is 9. The summed E-state index contributed by atoms with van der Waals surface area (Å²) in [5.41, 5.74) is 1.16. The number of aliphatic hydroxyl groups is 1. The summed E-state index contributed by atoms with van der Waals surface area (Å²) >= 11 is 0. The Morgan fingerprint density at radius 1 is 1.25 bits per heavy atom.